The van der Waals surface area contributed by atoms with Crippen molar-refractivity contribution in [2.24, 2.45) is 0 Å². The Morgan fingerprint density at radius 3 is 2.40 bits per heavy atom. The molecule has 2 atom stereocenters. The Morgan fingerprint density at radius 2 is 1.93 bits per heavy atom. The number of carbonyl (C=O) groups excluding carboxylic acids is 1. The summed E-state index contributed by atoms with van der Waals surface area (Å²) in [6.07, 6.45) is 0.00747. The molecule has 0 aliphatic carbocycles. The van der Waals surface area contributed by atoms with Crippen LogP contribution in [0.1, 0.15) is 13.8 Å². The van der Waals surface area contributed by atoms with Crippen molar-refractivity contribution in [1.82, 2.24) is 0 Å². The lowest BCUT2D eigenvalue weighted by atomic mass is 10.2. The summed E-state index contributed by atoms with van der Waals surface area (Å²) in [7, 11) is -1.56. The van der Waals surface area contributed by atoms with Crippen LogP contribution in [0.2, 0.25) is 19.6 Å². The van der Waals surface area contributed by atoms with Crippen molar-refractivity contribution in [3.63, 3.8) is 0 Å². The van der Waals surface area contributed by atoms with Gasteiger partial charge in [-0.1, -0.05) is 0 Å². The first-order chi connectivity index (χ1) is 6.73. The second-order valence-corrected chi connectivity index (χ2v) is 9.71. The highest BCUT2D eigenvalue weighted by atomic mass is 28.4. The topological polar surface area (TPSA) is 44.8 Å². The summed E-state index contributed by atoms with van der Waals surface area (Å²) in [5, 5.41) is 0. The van der Waals surface area contributed by atoms with Gasteiger partial charge in [0.15, 0.2) is 20.4 Å². The maximum atomic E-state index is 10.8. The molecular weight excluding hydrogens is 212 g/mol. The van der Waals surface area contributed by atoms with Crippen molar-refractivity contribution in [2.75, 3.05) is 6.61 Å². The van der Waals surface area contributed by atoms with Crippen LogP contribution in [-0.2, 0) is 18.7 Å². The third-order valence-corrected chi connectivity index (χ3v) is 3.07. The van der Waals surface area contributed by atoms with Gasteiger partial charge in [0.1, 0.15) is 12.2 Å². The molecule has 0 unspecified atom stereocenters. The van der Waals surface area contributed by atoms with E-state index in [9.17, 15) is 4.79 Å². The fourth-order valence-electron chi connectivity index (χ4n) is 1.44. The smallest absolute Gasteiger partial charge is 0.183 e. The molecule has 1 aliphatic rings. The molecule has 1 saturated heterocycles. The molecule has 1 heterocycles. The molecule has 0 saturated carbocycles. The Morgan fingerprint density at radius 1 is 1.33 bits per heavy atom. The third-order valence-electron chi connectivity index (χ3n) is 2.04. The van der Waals surface area contributed by atoms with Gasteiger partial charge in [-0.2, -0.15) is 0 Å². The lowest BCUT2D eigenvalue weighted by molar-refractivity contribution is -0.151. The molecule has 15 heavy (non-hydrogen) atoms. The molecule has 0 spiro atoms. The van der Waals surface area contributed by atoms with Gasteiger partial charge in [0.2, 0.25) is 0 Å². The van der Waals surface area contributed by atoms with Crippen molar-refractivity contribution >= 4 is 14.6 Å². The Hall–Kier alpha value is -0.233. The Balaban J connectivity index is 2.51. The van der Waals surface area contributed by atoms with Crippen LogP contribution in [0.25, 0.3) is 0 Å². The molecule has 88 valence electrons. The highest BCUT2D eigenvalue weighted by Gasteiger charge is 2.41. The number of aldehydes is 1. The molecular formula is C10H20O4Si. The minimum atomic E-state index is -1.56. The van der Waals surface area contributed by atoms with Crippen molar-refractivity contribution < 1.29 is 18.7 Å². The summed E-state index contributed by atoms with van der Waals surface area (Å²) in [6, 6.07) is 0. The largest absolute Gasteiger partial charge is 0.415 e. The second-order valence-electron chi connectivity index (χ2n) is 5.20. The van der Waals surface area contributed by atoms with E-state index in [0.29, 0.717) is 6.61 Å². The quantitative estimate of drug-likeness (QED) is 0.545. The number of rotatable bonds is 4. The lowest BCUT2D eigenvalue weighted by Crippen LogP contribution is -2.35. The van der Waals surface area contributed by atoms with E-state index in [1.807, 2.05) is 0 Å². The van der Waals surface area contributed by atoms with Crippen molar-refractivity contribution in [3.8, 4) is 0 Å². The Bertz CT molecular complexity index is 234. The van der Waals surface area contributed by atoms with Crippen LogP contribution in [-0.4, -0.2) is 39.2 Å². The van der Waals surface area contributed by atoms with E-state index < -0.39 is 20.2 Å². The summed E-state index contributed by atoms with van der Waals surface area (Å²) in [6.45, 7) is 10.3. The summed E-state index contributed by atoms with van der Waals surface area (Å²) in [5.74, 6) is -0.682. The van der Waals surface area contributed by atoms with Crippen molar-refractivity contribution in [1.29, 1.82) is 0 Å². The normalized spacial score (nSPS) is 30.5. The van der Waals surface area contributed by atoms with Crippen LogP contribution < -0.4 is 0 Å². The molecule has 4 nitrogen and oxygen atoms in total. The van der Waals surface area contributed by atoms with Gasteiger partial charge in [-0.3, -0.25) is 0 Å². The first-order valence-corrected chi connectivity index (χ1v) is 8.59. The van der Waals surface area contributed by atoms with E-state index in [1.165, 1.54) is 0 Å². The van der Waals surface area contributed by atoms with Gasteiger partial charge in [0, 0.05) is 0 Å². The fraction of sp³-hybridized carbons (Fsp3) is 0.900. The summed E-state index contributed by atoms with van der Waals surface area (Å²) in [5.41, 5.74) is 0. The molecule has 1 aliphatic heterocycles. The lowest BCUT2D eigenvalue weighted by Gasteiger charge is -2.21. The molecule has 1 rings (SSSR count). The molecule has 1 fully saturated rings. The third kappa shape index (κ3) is 4.02. The molecule has 0 N–H and O–H groups in total. The summed E-state index contributed by atoms with van der Waals surface area (Å²) >= 11 is 0. The molecule has 0 amide bonds. The standard InChI is InChI=1S/C10H20O4Si/c1-10(2)13-8(6-11)9(14-10)7-12-15(3,4)5/h6,8-9H,7H2,1-5H3/t8-,9-/m0/s1. The minimum Gasteiger partial charge on any atom is -0.415 e. The van der Waals surface area contributed by atoms with E-state index in [4.69, 9.17) is 13.9 Å². The van der Waals surface area contributed by atoms with Gasteiger partial charge in [-0.05, 0) is 33.5 Å². The van der Waals surface area contributed by atoms with Gasteiger partial charge in [0.25, 0.3) is 0 Å². The molecule has 5 heteroatoms. The van der Waals surface area contributed by atoms with Gasteiger partial charge in [-0.25, -0.2) is 0 Å². The number of hydrogen-bond donors (Lipinski definition) is 0. The van der Waals surface area contributed by atoms with E-state index in [0.717, 1.165) is 6.29 Å². The van der Waals surface area contributed by atoms with Crippen LogP contribution in [0.3, 0.4) is 0 Å². The first kappa shape index (κ1) is 12.8. The van der Waals surface area contributed by atoms with Crippen LogP contribution in [0, 0.1) is 0 Å². The highest BCUT2D eigenvalue weighted by molar-refractivity contribution is 6.69. The Labute approximate surface area is 92.0 Å². The van der Waals surface area contributed by atoms with E-state index in [-0.39, 0.29) is 6.10 Å². The first-order valence-electron chi connectivity index (χ1n) is 5.18. The number of ether oxygens (including phenoxy) is 2. The molecule has 0 aromatic rings. The minimum absolute atomic E-state index is 0.274. The van der Waals surface area contributed by atoms with Crippen LogP contribution in [0.4, 0.5) is 0 Å². The molecule has 0 bridgehead atoms. The average molecular weight is 232 g/mol. The number of hydrogen-bond acceptors (Lipinski definition) is 4. The predicted octanol–water partition coefficient (Wildman–Crippen LogP) is 1.56. The average Bonchev–Trinajstić information content (AvgIpc) is 2.36. The SMILES string of the molecule is CC1(C)O[C@@H](C=O)[C@H](CO[Si](C)(C)C)O1. The molecule has 0 radical (unpaired) electrons. The fourth-order valence-corrected chi connectivity index (χ4v) is 2.10. The van der Waals surface area contributed by atoms with Gasteiger partial charge in [0.05, 0.1) is 6.61 Å². The van der Waals surface area contributed by atoms with Gasteiger partial charge < -0.3 is 18.7 Å². The molecule has 0 aromatic heterocycles. The second kappa shape index (κ2) is 4.33. The van der Waals surface area contributed by atoms with E-state index in [2.05, 4.69) is 19.6 Å². The van der Waals surface area contributed by atoms with Crippen LogP contribution in [0.15, 0.2) is 0 Å². The zero-order valence-corrected chi connectivity index (χ0v) is 11.1. The van der Waals surface area contributed by atoms with Crippen LogP contribution >= 0.6 is 0 Å². The summed E-state index contributed by atoms with van der Waals surface area (Å²) < 4.78 is 16.7. The zero-order chi connectivity index (χ0) is 11.7. The van der Waals surface area contributed by atoms with E-state index in [1.54, 1.807) is 13.8 Å². The summed E-state index contributed by atoms with van der Waals surface area (Å²) in [4.78, 5) is 10.8. The maximum absolute atomic E-state index is 10.8. The van der Waals surface area contributed by atoms with Crippen LogP contribution in [0.5, 0.6) is 0 Å². The monoisotopic (exact) mass is 232 g/mol. The van der Waals surface area contributed by atoms with Gasteiger partial charge >= 0.3 is 0 Å². The Kier molecular flexibility index (Phi) is 3.70. The maximum Gasteiger partial charge on any atom is 0.183 e. The predicted molar refractivity (Wildman–Crippen MR) is 59.2 cm³/mol. The molecule has 0 aromatic carbocycles. The highest BCUT2D eigenvalue weighted by Crippen LogP contribution is 2.27. The number of carbonyl (C=O) groups is 1. The van der Waals surface area contributed by atoms with Gasteiger partial charge in [-0.15, -0.1) is 0 Å². The van der Waals surface area contributed by atoms with E-state index >= 15 is 0 Å². The van der Waals surface area contributed by atoms with Crippen molar-refractivity contribution in [3.05, 3.63) is 0 Å². The zero-order valence-electron chi connectivity index (χ0n) is 10.1. The van der Waals surface area contributed by atoms with Crippen molar-refractivity contribution in [2.45, 2.75) is 51.5 Å².